The molecule has 3 aromatic carbocycles. The van der Waals surface area contributed by atoms with Crippen molar-refractivity contribution in [2.75, 3.05) is 19.6 Å². The molecular weight excluding hydrogens is 394 g/mol. The molecule has 0 fully saturated rings. The predicted molar refractivity (Wildman–Crippen MR) is 118 cm³/mol. The summed E-state index contributed by atoms with van der Waals surface area (Å²) in [4.78, 5) is 30.8. The van der Waals surface area contributed by atoms with Crippen LogP contribution in [-0.4, -0.2) is 29.8 Å². The number of rotatable bonds is 6. The Balaban J connectivity index is 1.77. The number of nitrogens with zero attached hydrogens (tertiary/aromatic N) is 2. The molecule has 0 unspecified atom stereocenters. The van der Waals surface area contributed by atoms with Crippen LogP contribution in [-0.2, 0) is 6.42 Å². The van der Waals surface area contributed by atoms with Gasteiger partial charge in [0.2, 0.25) is 0 Å². The highest BCUT2D eigenvalue weighted by molar-refractivity contribution is 6.00. The SMILES string of the molecule is COc1ccc(C(=O)Nn2c(Cc3ccccc3)nc3ccccc3c2=O)cc1OC. The summed E-state index contributed by atoms with van der Waals surface area (Å²) in [7, 11) is 3.02. The van der Waals surface area contributed by atoms with Gasteiger partial charge in [0, 0.05) is 12.0 Å². The molecule has 0 atom stereocenters. The maximum atomic E-state index is 13.2. The second-order valence-corrected chi connectivity index (χ2v) is 6.86. The van der Waals surface area contributed by atoms with E-state index in [1.54, 1.807) is 36.4 Å². The smallest absolute Gasteiger partial charge is 0.280 e. The molecule has 7 heteroatoms. The van der Waals surface area contributed by atoms with Gasteiger partial charge in [-0.05, 0) is 35.9 Å². The zero-order chi connectivity index (χ0) is 21.8. The molecule has 31 heavy (non-hydrogen) atoms. The van der Waals surface area contributed by atoms with Gasteiger partial charge in [-0.1, -0.05) is 42.5 Å². The van der Waals surface area contributed by atoms with E-state index >= 15 is 0 Å². The summed E-state index contributed by atoms with van der Waals surface area (Å²) in [6.45, 7) is 0. The Morgan fingerprint density at radius 2 is 1.65 bits per heavy atom. The first-order chi connectivity index (χ1) is 15.1. The minimum absolute atomic E-state index is 0.323. The standard InChI is InChI=1S/C24H21N3O4/c1-30-20-13-12-17(15-21(20)31-2)23(28)26-27-22(14-16-8-4-3-5-9-16)25-19-11-7-6-10-18(19)24(27)29/h3-13,15H,14H2,1-2H3,(H,26,28). The maximum absolute atomic E-state index is 13.2. The fourth-order valence-electron chi connectivity index (χ4n) is 3.33. The van der Waals surface area contributed by atoms with Crippen molar-refractivity contribution < 1.29 is 14.3 Å². The fraction of sp³-hybridized carbons (Fsp3) is 0.125. The second-order valence-electron chi connectivity index (χ2n) is 6.86. The van der Waals surface area contributed by atoms with Crippen LogP contribution in [0.2, 0.25) is 0 Å². The van der Waals surface area contributed by atoms with Crippen molar-refractivity contribution in [3.63, 3.8) is 0 Å². The highest BCUT2D eigenvalue weighted by atomic mass is 16.5. The summed E-state index contributed by atoms with van der Waals surface area (Å²) in [5, 5.41) is 0.423. The molecule has 1 amide bonds. The topological polar surface area (TPSA) is 82.5 Å². The van der Waals surface area contributed by atoms with Gasteiger partial charge in [0.25, 0.3) is 11.5 Å². The molecule has 0 radical (unpaired) electrons. The Labute approximate surface area is 178 Å². The molecule has 156 valence electrons. The molecule has 1 aromatic heterocycles. The molecule has 1 N–H and O–H groups in total. The van der Waals surface area contributed by atoms with E-state index in [2.05, 4.69) is 10.4 Å². The van der Waals surface area contributed by atoms with E-state index in [4.69, 9.17) is 9.47 Å². The van der Waals surface area contributed by atoms with E-state index in [0.29, 0.717) is 40.2 Å². The van der Waals surface area contributed by atoms with E-state index in [-0.39, 0.29) is 5.56 Å². The number of carbonyl (C=O) groups excluding carboxylic acids is 1. The number of hydrogen-bond donors (Lipinski definition) is 1. The van der Waals surface area contributed by atoms with Crippen LogP contribution in [0.5, 0.6) is 11.5 Å². The fourth-order valence-corrected chi connectivity index (χ4v) is 3.33. The normalized spacial score (nSPS) is 10.6. The summed E-state index contributed by atoms with van der Waals surface area (Å²) < 4.78 is 11.7. The van der Waals surface area contributed by atoms with Crippen LogP contribution in [0.25, 0.3) is 10.9 Å². The van der Waals surface area contributed by atoms with Crippen molar-refractivity contribution in [1.82, 2.24) is 9.66 Å². The number of ether oxygens (including phenoxy) is 2. The van der Waals surface area contributed by atoms with Crippen molar-refractivity contribution in [3.8, 4) is 11.5 Å². The minimum Gasteiger partial charge on any atom is -0.493 e. The molecule has 0 spiro atoms. The number of nitrogens with one attached hydrogen (secondary N) is 1. The number of aromatic nitrogens is 2. The molecule has 0 aliphatic carbocycles. The van der Waals surface area contributed by atoms with Crippen LogP contribution in [0.4, 0.5) is 0 Å². The summed E-state index contributed by atoms with van der Waals surface area (Å²) in [6, 6.07) is 21.5. The first-order valence-electron chi connectivity index (χ1n) is 9.68. The van der Waals surface area contributed by atoms with E-state index in [1.165, 1.54) is 18.9 Å². The lowest BCUT2D eigenvalue weighted by atomic mass is 10.1. The average Bonchev–Trinajstić information content (AvgIpc) is 2.81. The zero-order valence-electron chi connectivity index (χ0n) is 17.2. The van der Waals surface area contributed by atoms with Crippen molar-refractivity contribution in [2.45, 2.75) is 6.42 Å². The summed E-state index contributed by atoms with van der Waals surface area (Å²) in [5.41, 5.74) is 4.23. The van der Waals surface area contributed by atoms with Crippen LogP contribution >= 0.6 is 0 Å². The van der Waals surface area contributed by atoms with Crippen molar-refractivity contribution in [1.29, 1.82) is 0 Å². The molecule has 0 aliphatic rings. The van der Waals surface area contributed by atoms with Crippen molar-refractivity contribution in [2.24, 2.45) is 0 Å². The quantitative estimate of drug-likeness (QED) is 0.522. The van der Waals surface area contributed by atoms with E-state index in [0.717, 1.165) is 5.56 Å². The maximum Gasteiger partial charge on any atom is 0.280 e. The van der Waals surface area contributed by atoms with Gasteiger partial charge in [-0.15, -0.1) is 0 Å². The van der Waals surface area contributed by atoms with Gasteiger partial charge in [-0.3, -0.25) is 15.0 Å². The van der Waals surface area contributed by atoms with Crippen molar-refractivity contribution in [3.05, 3.63) is 100 Å². The molecule has 0 saturated carbocycles. The third kappa shape index (κ3) is 4.11. The molecule has 0 aliphatic heterocycles. The van der Waals surface area contributed by atoms with E-state index < -0.39 is 5.91 Å². The van der Waals surface area contributed by atoms with Gasteiger partial charge in [0.15, 0.2) is 11.5 Å². The number of para-hydroxylation sites is 1. The third-order valence-electron chi connectivity index (χ3n) is 4.91. The van der Waals surface area contributed by atoms with Gasteiger partial charge in [-0.25, -0.2) is 9.66 Å². The van der Waals surface area contributed by atoms with Gasteiger partial charge in [0.05, 0.1) is 25.1 Å². The lowest BCUT2D eigenvalue weighted by molar-refractivity contribution is 0.101. The Kier molecular flexibility index (Phi) is 5.66. The van der Waals surface area contributed by atoms with Gasteiger partial charge in [-0.2, -0.15) is 0 Å². The van der Waals surface area contributed by atoms with Crippen LogP contribution < -0.4 is 20.5 Å². The first-order valence-corrected chi connectivity index (χ1v) is 9.68. The molecular formula is C24H21N3O4. The average molecular weight is 415 g/mol. The van der Waals surface area contributed by atoms with Crippen LogP contribution in [0, 0.1) is 0 Å². The highest BCUT2D eigenvalue weighted by Crippen LogP contribution is 2.27. The summed E-state index contributed by atoms with van der Waals surface area (Å²) >= 11 is 0. The molecule has 4 aromatic rings. The van der Waals surface area contributed by atoms with Gasteiger partial charge >= 0.3 is 0 Å². The largest absolute Gasteiger partial charge is 0.493 e. The summed E-state index contributed by atoms with van der Waals surface area (Å²) in [5.74, 6) is 0.898. The number of methoxy groups -OCH3 is 2. The predicted octanol–water partition coefficient (Wildman–Crippen LogP) is 3.39. The lowest BCUT2D eigenvalue weighted by Gasteiger charge is -2.15. The van der Waals surface area contributed by atoms with Crippen molar-refractivity contribution >= 4 is 16.8 Å². The molecule has 4 rings (SSSR count). The number of hydrogen-bond acceptors (Lipinski definition) is 5. The van der Waals surface area contributed by atoms with E-state index in [9.17, 15) is 9.59 Å². The highest BCUT2D eigenvalue weighted by Gasteiger charge is 2.16. The van der Waals surface area contributed by atoms with Gasteiger partial charge in [0.1, 0.15) is 5.82 Å². The Bertz CT molecular complexity index is 1300. The second kappa shape index (κ2) is 8.71. The molecule has 0 saturated heterocycles. The number of amides is 1. The molecule has 1 heterocycles. The Hall–Kier alpha value is -4.13. The van der Waals surface area contributed by atoms with Gasteiger partial charge < -0.3 is 9.47 Å². The number of carbonyl (C=O) groups is 1. The van der Waals surface area contributed by atoms with Crippen LogP contribution in [0.1, 0.15) is 21.7 Å². The summed E-state index contributed by atoms with van der Waals surface area (Å²) in [6.07, 6.45) is 0.382. The Morgan fingerprint density at radius 1 is 0.935 bits per heavy atom. The minimum atomic E-state index is -0.463. The first kappa shape index (κ1) is 20.2. The monoisotopic (exact) mass is 415 g/mol. The number of fused-ring (bicyclic) bond motifs is 1. The van der Waals surface area contributed by atoms with E-state index in [1.807, 2.05) is 36.4 Å². The zero-order valence-corrected chi connectivity index (χ0v) is 17.2. The lowest BCUT2D eigenvalue weighted by Crippen LogP contribution is -2.36. The molecule has 7 nitrogen and oxygen atoms in total. The number of benzene rings is 3. The third-order valence-corrected chi connectivity index (χ3v) is 4.91. The Morgan fingerprint density at radius 3 is 2.39 bits per heavy atom. The molecule has 0 bridgehead atoms. The van der Waals surface area contributed by atoms with Crippen LogP contribution in [0.15, 0.2) is 77.6 Å². The van der Waals surface area contributed by atoms with Crippen LogP contribution in [0.3, 0.4) is 0 Å².